The second-order valence-electron chi connectivity index (χ2n) is 5.39. The average Bonchev–Trinajstić information content (AvgIpc) is 3.17. The van der Waals surface area contributed by atoms with Gasteiger partial charge in [0.2, 0.25) is 0 Å². The van der Waals surface area contributed by atoms with Crippen molar-refractivity contribution in [3.05, 3.63) is 78.0 Å². The van der Waals surface area contributed by atoms with E-state index in [4.69, 9.17) is 4.42 Å². The summed E-state index contributed by atoms with van der Waals surface area (Å²) in [6, 6.07) is 8.93. The molecule has 3 aromatic rings. The molecule has 0 aliphatic rings. The average molecular weight is 375 g/mol. The number of nitrogens with zero attached hydrogens (tertiary/aromatic N) is 1. The number of furan rings is 1. The fourth-order valence-electron chi connectivity index (χ4n) is 2.25. The first-order valence-corrected chi connectivity index (χ1v) is 7.62. The van der Waals surface area contributed by atoms with Gasteiger partial charge in [-0.05, 0) is 36.4 Å². The van der Waals surface area contributed by atoms with Crippen LogP contribution in [0.1, 0.15) is 26.4 Å². The molecule has 0 bridgehead atoms. The number of pyridine rings is 1. The number of halogens is 3. The van der Waals surface area contributed by atoms with E-state index >= 15 is 0 Å². The molecule has 0 fully saturated rings. The summed E-state index contributed by atoms with van der Waals surface area (Å²) in [7, 11) is 0. The van der Waals surface area contributed by atoms with E-state index in [9.17, 15) is 22.8 Å². The third kappa shape index (κ3) is 4.32. The van der Waals surface area contributed by atoms with Crippen LogP contribution in [-0.2, 0) is 6.18 Å². The summed E-state index contributed by atoms with van der Waals surface area (Å²) in [5.41, 5.74) is -1.49. The summed E-state index contributed by atoms with van der Waals surface area (Å²) in [6.07, 6.45) is -0.953. The van der Waals surface area contributed by atoms with Gasteiger partial charge in [-0.2, -0.15) is 13.2 Å². The Balaban J connectivity index is 1.86. The van der Waals surface area contributed by atoms with E-state index in [1.54, 1.807) is 12.1 Å². The highest BCUT2D eigenvalue weighted by molar-refractivity contribution is 6.05. The van der Waals surface area contributed by atoms with Gasteiger partial charge in [-0.1, -0.05) is 6.07 Å². The predicted molar refractivity (Wildman–Crippen MR) is 90.3 cm³/mol. The fraction of sp³-hybridized carbons (Fsp3) is 0.0556. The maximum Gasteiger partial charge on any atom is 0.418 e. The number of benzene rings is 1. The van der Waals surface area contributed by atoms with Crippen LogP contribution in [-0.4, -0.2) is 16.8 Å². The van der Waals surface area contributed by atoms with Crippen molar-refractivity contribution >= 4 is 23.2 Å². The number of rotatable bonds is 4. The Morgan fingerprint density at radius 3 is 2.44 bits per heavy atom. The Hall–Kier alpha value is -3.62. The molecule has 2 aromatic heterocycles. The number of nitrogens with one attached hydrogen (secondary N) is 2. The minimum atomic E-state index is -4.75. The molecule has 6 nitrogen and oxygen atoms in total. The maximum absolute atomic E-state index is 13.4. The molecule has 1 aromatic carbocycles. The number of amides is 2. The van der Waals surface area contributed by atoms with Crippen molar-refractivity contribution in [1.29, 1.82) is 0 Å². The Kier molecular flexibility index (Phi) is 4.93. The highest BCUT2D eigenvalue weighted by atomic mass is 19.4. The van der Waals surface area contributed by atoms with Crippen LogP contribution in [0.5, 0.6) is 0 Å². The van der Waals surface area contributed by atoms with Crippen LogP contribution in [0, 0.1) is 0 Å². The molecule has 9 heteroatoms. The molecule has 0 unspecified atom stereocenters. The number of aromatic nitrogens is 1. The van der Waals surface area contributed by atoms with Crippen molar-refractivity contribution in [2.24, 2.45) is 0 Å². The molecular formula is C18H12F3N3O3. The minimum absolute atomic E-state index is 0.0250. The van der Waals surface area contributed by atoms with Crippen molar-refractivity contribution in [2.45, 2.75) is 6.18 Å². The van der Waals surface area contributed by atoms with Gasteiger partial charge in [0.1, 0.15) is 12.0 Å². The highest BCUT2D eigenvalue weighted by Gasteiger charge is 2.34. The first kappa shape index (κ1) is 18.2. The summed E-state index contributed by atoms with van der Waals surface area (Å²) >= 11 is 0. The van der Waals surface area contributed by atoms with Gasteiger partial charge < -0.3 is 15.1 Å². The molecule has 0 atom stereocenters. The molecule has 0 saturated heterocycles. The summed E-state index contributed by atoms with van der Waals surface area (Å²) < 4.78 is 45.0. The van der Waals surface area contributed by atoms with Gasteiger partial charge in [-0.3, -0.25) is 14.6 Å². The van der Waals surface area contributed by atoms with Crippen LogP contribution >= 0.6 is 0 Å². The smallest absolute Gasteiger partial charge is 0.418 e. The van der Waals surface area contributed by atoms with Gasteiger partial charge in [0.15, 0.2) is 0 Å². The maximum atomic E-state index is 13.4. The predicted octanol–water partition coefficient (Wildman–Crippen LogP) is 4.20. The molecule has 0 spiro atoms. The van der Waals surface area contributed by atoms with Gasteiger partial charge in [0, 0.05) is 11.9 Å². The summed E-state index contributed by atoms with van der Waals surface area (Å²) in [5, 5.41) is 4.54. The van der Waals surface area contributed by atoms with Gasteiger partial charge in [0.25, 0.3) is 11.8 Å². The van der Waals surface area contributed by atoms with Gasteiger partial charge >= 0.3 is 6.18 Å². The second kappa shape index (κ2) is 7.32. The van der Waals surface area contributed by atoms with Crippen molar-refractivity contribution in [3.63, 3.8) is 0 Å². The lowest BCUT2D eigenvalue weighted by atomic mass is 10.1. The zero-order valence-corrected chi connectivity index (χ0v) is 13.6. The van der Waals surface area contributed by atoms with Crippen molar-refractivity contribution < 1.29 is 27.2 Å². The number of hydrogen-bond donors (Lipinski definition) is 2. The molecule has 0 saturated carbocycles. The Labute approximate surface area is 151 Å². The van der Waals surface area contributed by atoms with Gasteiger partial charge in [-0.15, -0.1) is 0 Å². The number of carbonyl (C=O) groups excluding carboxylic acids is 2. The molecular weight excluding hydrogens is 363 g/mol. The standard InChI is InChI=1S/C18H12F3N3O3/c19-18(20,21)13-9-12(23-16(25)11-6-8-27-10-11)4-5-14(13)24-17(26)15-3-1-2-7-22-15/h1-10H,(H,23,25)(H,24,26). The number of alkyl halides is 3. The molecule has 0 aliphatic heterocycles. The topological polar surface area (TPSA) is 84.2 Å². The van der Waals surface area contributed by atoms with Crippen molar-refractivity contribution in [1.82, 2.24) is 4.98 Å². The number of anilines is 2. The zero-order valence-electron chi connectivity index (χ0n) is 13.6. The fourth-order valence-corrected chi connectivity index (χ4v) is 2.25. The highest BCUT2D eigenvalue weighted by Crippen LogP contribution is 2.36. The number of hydrogen-bond acceptors (Lipinski definition) is 4. The SMILES string of the molecule is O=C(Nc1ccc(NC(=O)c2ccccn2)c(C(F)(F)F)c1)c1ccoc1. The molecule has 2 N–H and O–H groups in total. The van der Waals surface area contributed by atoms with E-state index in [1.165, 1.54) is 36.9 Å². The van der Waals surface area contributed by atoms with Crippen LogP contribution < -0.4 is 10.6 Å². The van der Waals surface area contributed by atoms with E-state index in [0.29, 0.717) is 0 Å². The number of carbonyl (C=O) groups is 2. The second-order valence-corrected chi connectivity index (χ2v) is 5.39. The molecule has 27 heavy (non-hydrogen) atoms. The third-order valence-corrected chi connectivity index (χ3v) is 3.51. The monoisotopic (exact) mass is 375 g/mol. The van der Waals surface area contributed by atoms with Crippen LogP contribution in [0.25, 0.3) is 0 Å². The summed E-state index contributed by atoms with van der Waals surface area (Å²) in [6.45, 7) is 0. The normalized spacial score (nSPS) is 11.1. The molecule has 138 valence electrons. The van der Waals surface area contributed by atoms with E-state index < -0.39 is 29.2 Å². The summed E-state index contributed by atoms with van der Waals surface area (Å²) in [5.74, 6) is -1.40. The quantitative estimate of drug-likeness (QED) is 0.716. The molecule has 3 rings (SSSR count). The minimum Gasteiger partial charge on any atom is -0.472 e. The van der Waals surface area contributed by atoms with E-state index in [0.717, 1.165) is 12.1 Å². The van der Waals surface area contributed by atoms with Crippen LogP contribution in [0.4, 0.5) is 24.5 Å². The lowest BCUT2D eigenvalue weighted by Crippen LogP contribution is -2.18. The van der Waals surface area contributed by atoms with Crippen LogP contribution in [0.15, 0.2) is 65.6 Å². The molecule has 0 aliphatic carbocycles. The molecule has 2 heterocycles. The Morgan fingerprint density at radius 1 is 1.00 bits per heavy atom. The Bertz CT molecular complexity index is 955. The third-order valence-electron chi connectivity index (χ3n) is 3.51. The Morgan fingerprint density at radius 2 is 1.81 bits per heavy atom. The van der Waals surface area contributed by atoms with E-state index in [1.807, 2.05) is 0 Å². The lowest BCUT2D eigenvalue weighted by Gasteiger charge is -2.15. The van der Waals surface area contributed by atoms with Crippen molar-refractivity contribution in [3.8, 4) is 0 Å². The van der Waals surface area contributed by atoms with E-state index in [-0.39, 0.29) is 16.9 Å². The lowest BCUT2D eigenvalue weighted by molar-refractivity contribution is -0.136. The largest absolute Gasteiger partial charge is 0.472 e. The van der Waals surface area contributed by atoms with Gasteiger partial charge in [-0.25, -0.2) is 0 Å². The zero-order chi connectivity index (χ0) is 19.4. The van der Waals surface area contributed by atoms with Crippen LogP contribution in [0.3, 0.4) is 0 Å². The molecule has 0 radical (unpaired) electrons. The molecule has 2 amide bonds. The van der Waals surface area contributed by atoms with Crippen molar-refractivity contribution in [2.75, 3.05) is 10.6 Å². The van der Waals surface area contributed by atoms with E-state index in [2.05, 4.69) is 15.6 Å². The van der Waals surface area contributed by atoms with Crippen LogP contribution in [0.2, 0.25) is 0 Å². The van der Waals surface area contributed by atoms with Gasteiger partial charge in [0.05, 0.1) is 23.1 Å². The first-order valence-electron chi connectivity index (χ1n) is 7.62. The first-order chi connectivity index (χ1) is 12.8. The summed E-state index contributed by atoms with van der Waals surface area (Å²) in [4.78, 5) is 27.8.